The van der Waals surface area contributed by atoms with Gasteiger partial charge in [-0.3, -0.25) is 9.59 Å². The van der Waals surface area contributed by atoms with Gasteiger partial charge in [0, 0.05) is 54.1 Å². The molecule has 2 heterocycles. The number of amides is 1. The number of alkyl halides is 3. The Morgan fingerprint density at radius 1 is 1.18 bits per heavy atom. The Bertz CT molecular complexity index is 1460. The maximum atomic E-state index is 13.5. The molecule has 1 amide bonds. The van der Waals surface area contributed by atoms with E-state index in [2.05, 4.69) is 4.74 Å². The van der Waals surface area contributed by atoms with E-state index in [4.69, 9.17) is 23.2 Å². The van der Waals surface area contributed by atoms with Crippen LogP contribution in [0, 0.1) is 18.3 Å². The second kappa shape index (κ2) is 9.38. The molecule has 0 unspecified atom stereocenters. The molecular formula is C27H25Cl2F3N2O4. The van der Waals surface area contributed by atoms with E-state index in [-0.39, 0.29) is 34.1 Å². The van der Waals surface area contributed by atoms with E-state index in [0.29, 0.717) is 41.2 Å². The fourth-order valence-corrected chi connectivity index (χ4v) is 6.24. The molecular weight excluding hydrogens is 544 g/mol. The normalized spacial score (nSPS) is 18.7. The molecule has 3 aromatic rings. The van der Waals surface area contributed by atoms with Crippen LogP contribution in [0.15, 0.2) is 30.3 Å². The number of hydrogen-bond donors (Lipinski definition) is 1. The van der Waals surface area contributed by atoms with Crippen molar-refractivity contribution in [2.45, 2.75) is 39.0 Å². The Kier molecular flexibility index (Phi) is 6.59. The van der Waals surface area contributed by atoms with Crippen molar-refractivity contribution in [3.63, 3.8) is 0 Å². The molecule has 2 aliphatic rings. The van der Waals surface area contributed by atoms with Crippen LogP contribution in [0.25, 0.3) is 10.9 Å². The molecule has 0 bridgehead atoms. The highest BCUT2D eigenvalue weighted by Gasteiger charge is 2.56. The monoisotopic (exact) mass is 568 g/mol. The van der Waals surface area contributed by atoms with Crippen LogP contribution in [0.4, 0.5) is 13.2 Å². The third-order valence-corrected chi connectivity index (χ3v) is 8.65. The van der Waals surface area contributed by atoms with Crippen LogP contribution < -0.4 is 4.74 Å². The number of aromatic nitrogens is 1. The summed E-state index contributed by atoms with van der Waals surface area (Å²) in [6, 6.07) is 7.70. The highest BCUT2D eigenvalue weighted by molar-refractivity contribution is 6.38. The van der Waals surface area contributed by atoms with E-state index in [1.54, 1.807) is 35.6 Å². The fourth-order valence-electron chi connectivity index (χ4n) is 5.66. The van der Waals surface area contributed by atoms with Gasteiger partial charge >= 0.3 is 12.3 Å². The molecule has 1 aromatic heterocycles. The summed E-state index contributed by atoms with van der Waals surface area (Å²) in [4.78, 5) is 26.8. The summed E-state index contributed by atoms with van der Waals surface area (Å²) >= 11 is 13.2. The maximum absolute atomic E-state index is 13.5. The van der Waals surface area contributed by atoms with Gasteiger partial charge in [0.1, 0.15) is 5.75 Å². The molecule has 1 atom stereocenters. The van der Waals surface area contributed by atoms with Crippen LogP contribution in [0.5, 0.6) is 5.75 Å². The number of piperidine rings is 1. The van der Waals surface area contributed by atoms with Gasteiger partial charge in [0.25, 0.3) is 5.91 Å². The quantitative estimate of drug-likeness (QED) is 0.376. The summed E-state index contributed by atoms with van der Waals surface area (Å²) < 4.78 is 44.2. The molecule has 0 radical (unpaired) electrons. The Labute approximate surface area is 226 Å². The Hall–Kier alpha value is -2.91. The molecule has 1 aliphatic carbocycles. The van der Waals surface area contributed by atoms with Crippen LogP contribution in [0.1, 0.15) is 46.4 Å². The first-order valence-electron chi connectivity index (χ1n) is 12.1. The molecule has 1 saturated heterocycles. The molecule has 1 saturated carbocycles. The molecule has 2 aromatic carbocycles. The number of hydrogen-bond acceptors (Lipinski definition) is 3. The first-order chi connectivity index (χ1) is 17.8. The van der Waals surface area contributed by atoms with Crippen LogP contribution in [0.3, 0.4) is 0 Å². The number of aliphatic carboxylic acids is 1. The topological polar surface area (TPSA) is 71.8 Å². The van der Waals surface area contributed by atoms with Gasteiger partial charge in [0.05, 0.1) is 22.0 Å². The summed E-state index contributed by atoms with van der Waals surface area (Å²) in [5, 5.41) is 10.9. The number of rotatable bonds is 5. The zero-order valence-corrected chi connectivity index (χ0v) is 22.2. The highest BCUT2D eigenvalue weighted by Crippen LogP contribution is 2.56. The van der Waals surface area contributed by atoms with Crippen LogP contribution in [-0.4, -0.2) is 45.9 Å². The van der Waals surface area contributed by atoms with E-state index >= 15 is 0 Å². The van der Waals surface area contributed by atoms with E-state index in [1.165, 1.54) is 12.1 Å². The number of carboxylic acids is 1. The lowest BCUT2D eigenvalue weighted by atomic mass is 9.82. The van der Waals surface area contributed by atoms with Gasteiger partial charge < -0.3 is 19.3 Å². The molecule has 202 valence electrons. The van der Waals surface area contributed by atoms with Gasteiger partial charge in [-0.05, 0) is 61.6 Å². The predicted octanol–water partition coefficient (Wildman–Crippen LogP) is 6.61. The van der Waals surface area contributed by atoms with Crippen molar-refractivity contribution in [1.82, 2.24) is 9.47 Å². The van der Waals surface area contributed by atoms with Gasteiger partial charge in [-0.25, -0.2) is 0 Å². The molecule has 6 nitrogen and oxygen atoms in total. The van der Waals surface area contributed by atoms with Crippen molar-refractivity contribution in [3.8, 4) is 5.75 Å². The molecule has 1 aliphatic heterocycles. The van der Waals surface area contributed by atoms with Crippen molar-refractivity contribution < 1.29 is 32.6 Å². The predicted molar refractivity (Wildman–Crippen MR) is 137 cm³/mol. The molecule has 11 heteroatoms. The minimum absolute atomic E-state index is 0.204. The molecule has 1 N–H and O–H groups in total. The number of carboxylic acid groups (broad SMARTS) is 1. The van der Waals surface area contributed by atoms with Gasteiger partial charge in [-0.2, -0.15) is 0 Å². The number of fused-ring (bicyclic) bond motifs is 1. The summed E-state index contributed by atoms with van der Waals surface area (Å²) in [5.41, 5.74) is 2.34. The first kappa shape index (κ1) is 26.7. The zero-order chi connectivity index (χ0) is 27.6. The third kappa shape index (κ3) is 4.82. The average molecular weight is 569 g/mol. The minimum Gasteiger partial charge on any atom is -0.481 e. The smallest absolute Gasteiger partial charge is 0.481 e. The van der Waals surface area contributed by atoms with E-state index in [0.717, 1.165) is 23.9 Å². The lowest BCUT2D eigenvalue weighted by molar-refractivity contribution is -0.274. The summed E-state index contributed by atoms with van der Waals surface area (Å²) in [7, 11) is 1.73. The molecule has 1 spiro atoms. The molecule has 38 heavy (non-hydrogen) atoms. The van der Waals surface area contributed by atoms with Crippen molar-refractivity contribution >= 4 is 46.0 Å². The maximum Gasteiger partial charge on any atom is 0.573 e. The van der Waals surface area contributed by atoms with Crippen molar-refractivity contribution in [2.75, 3.05) is 13.1 Å². The molecule has 5 rings (SSSR count). The standard InChI is InChI=1S/C27H25Cl2F3N2O4/c1-14-9-16(38-27(30,31)32)12-22-18(14)10-15(33(22)2)11-19-21(28)4-3-17(23(19)29)24(35)34-8-5-20(25(36)37)26(13-34)6-7-26/h3-4,9-10,12,20H,5-8,11,13H2,1-2H3,(H,36,37)/t20-/m0/s1. The first-order valence-corrected chi connectivity index (χ1v) is 12.9. The van der Waals surface area contributed by atoms with Crippen molar-refractivity contribution in [3.05, 3.63) is 62.8 Å². The largest absolute Gasteiger partial charge is 0.573 e. The van der Waals surface area contributed by atoms with Crippen LogP contribution >= 0.6 is 23.2 Å². The van der Waals surface area contributed by atoms with Crippen LogP contribution in [-0.2, 0) is 18.3 Å². The van der Waals surface area contributed by atoms with E-state index in [1.807, 2.05) is 6.07 Å². The number of nitrogens with zero attached hydrogens (tertiary/aromatic N) is 2. The number of aryl methyl sites for hydroxylation is 2. The number of carbonyl (C=O) groups is 2. The summed E-state index contributed by atoms with van der Waals surface area (Å²) in [6.07, 6.45) is -2.60. The summed E-state index contributed by atoms with van der Waals surface area (Å²) in [6.45, 7) is 2.41. The van der Waals surface area contributed by atoms with Crippen molar-refractivity contribution in [2.24, 2.45) is 18.4 Å². The highest BCUT2D eigenvalue weighted by atomic mass is 35.5. The molecule has 2 fully saturated rings. The number of likely N-dealkylation sites (tertiary alicyclic amines) is 1. The van der Waals surface area contributed by atoms with E-state index in [9.17, 15) is 27.9 Å². The number of carbonyl (C=O) groups excluding carboxylic acids is 1. The van der Waals surface area contributed by atoms with Gasteiger partial charge in [0.15, 0.2) is 0 Å². The average Bonchev–Trinajstić information content (AvgIpc) is 3.50. The number of halogens is 5. The van der Waals surface area contributed by atoms with Gasteiger partial charge in [-0.1, -0.05) is 23.2 Å². The minimum atomic E-state index is -4.80. The Balaban J connectivity index is 1.44. The zero-order valence-electron chi connectivity index (χ0n) is 20.7. The van der Waals surface area contributed by atoms with E-state index < -0.39 is 18.2 Å². The van der Waals surface area contributed by atoms with Crippen LogP contribution in [0.2, 0.25) is 10.0 Å². The Morgan fingerprint density at radius 2 is 1.89 bits per heavy atom. The number of ether oxygens (including phenoxy) is 1. The van der Waals surface area contributed by atoms with Crippen molar-refractivity contribution in [1.29, 1.82) is 0 Å². The fraction of sp³-hybridized carbons (Fsp3) is 0.407. The lowest BCUT2D eigenvalue weighted by Crippen LogP contribution is -2.47. The van der Waals surface area contributed by atoms with Gasteiger partial charge in [-0.15, -0.1) is 13.2 Å². The second-order valence-corrected chi connectivity index (χ2v) is 11.0. The van der Waals surface area contributed by atoms with Gasteiger partial charge in [0.2, 0.25) is 0 Å². The Morgan fingerprint density at radius 3 is 2.53 bits per heavy atom. The second-order valence-electron chi connectivity index (χ2n) is 10.2. The summed E-state index contributed by atoms with van der Waals surface area (Å²) in [5.74, 6) is -1.84. The third-order valence-electron chi connectivity index (χ3n) is 7.86. The number of benzene rings is 2. The lowest BCUT2D eigenvalue weighted by Gasteiger charge is -2.37. The SMILES string of the molecule is Cc1cc(OC(F)(F)F)cc2c1cc(Cc1c(Cl)ccc(C(=O)N3CC[C@@H](C(=O)O)C4(CC4)C3)c1Cl)n2C.